The molecule has 2 aromatic rings. The van der Waals surface area contributed by atoms with Crippen molar-refractivity contribution >= 4 is 38.5 Å². The van der Waals surface area contributed by atoms with Gasteiger partial charge in [-0.25, -0.2) is 17.7 Å². The van der Waals surface area contributed by atoms with Crippen molar-refractivity contribution in [1.82, 2.24) is 14.4 Å². The van der Waals surface area contributed by atoms with E-state index < -0.39 is 10.0 Å². The number of amidine groups is 1. The molecule has 1 saturated heterocycles. The van der Waals surface area contributed by atoms with Gasteiger partial charge in [-0.2, -0.15) is 0 Å². The molecule has 1 aliphatic rings. The first-order valence-corrected chi connectivity index (χ1v) is 11.5. The Hall–Kier alpha value is -2.17. The highest BCUT2D eigenvalue weighted by Gasteiger charge is 2.34. The Balaban J connectivity index is 1.98. The Morgan fingerprint density at radius 1 is 1.41 bits per heavy atom. The number of benzene rings is 1. The van der Waals surface area contributed by atoms with E-state index in [9.17, 15) is 13.2 Å². The van der Waals surface area contributed by atoms with Crippen molar-refractivity contribution in [2.45, 2.75) is 37.3 Å². The summed E-state index contributed by atoms with van der Waals surface area (Å²) in [6, 6.07) is 6.40. The summed E-state index contributed by atoms with van der Waals surface area (Å²) in [4.78, 5) is 19.6. The highest BCUT2D eigenvalue weighted by molar-refractivity contribution is 8.14. The Morgan fingerprint density at radius 2 is 2.14 bits per heavy atom. The smallest absolute Gasteiger partial charge is 0.265 e. The van der Waals surface area contributed by atoms with Gasteiger partial charge in [-0.15, -0.1) is 0 Å². The van der Waals surface area contributed by atoms with Gasteiger partial charge in [0.2, 0.25) is 10.0 Å². The second-order valence-electron chi connectivity index (χ2n) is 6.94. The third kappa shape index (κ3) is 4.24. The SMILES string of the molecule is CCc1noc(C)c1C(=O)N1CC(C)SC1=Nc1cccc(S(=O)(=O)N(C)C)c1. The molecule has 2 heterocycles. The van der Waals surface area contributed by atoms with E-state index in [0.29, 0.717) is 40.8 Å². The molecule has 1 aliphatic heterocycles. The van der Waals surface area contributed by atoms with E-state index in [1.54, 1.807) is 24.0 Å². The van der Waals surface area contributed by atoms with Gasteiger partial charge in [-0.05, 0) is 31.5 Å². The number of hydrogen-bond acceptors (Lipinski definition) is 7. The topological polar surface area (TPSA) is 96.1 Å². The first kappa shape index (κ1) is 21.5. The van der Waals surface area contributed by atoms with Crippen LogP contribution < -0.4 is 0 Å². The Morgan fingerprint density at radius 3 is 2.79 bits per heavy atom. The minimum atomic E-state index is -3.57. The highest BCUT2D eigenvalue weighted by Crippen LogP contribution is 2.31. The molecular formula is C19H24N4O4S2. The summed E-state index contributed by atoms with van der Waals surface area (Å²) in [6.07, 6.45) is 0.589. The molecule has 29 heavy (non-hydrogen) atoms. The fourth-order valence-corrected chi connectivity index (χ4v) is 4.94. The zero-order chi connectivity index (χ0) is 21.3. The van der Waals surface area contributed by atoms with Crippen LogP contribution in [-0.2, 0) is 16.4 Å². The van der Waals surface area contributed by atoms with E-state index >= 15 is 0 Å². The lowest BCUT2D eigenvalue weighted by Gasteiger charge is -2.16. The molecule has 1 aromatic heterocycles. The average molecular weight is 437 g/mol. The molecule has 0 saturated carbocycles. The summed E-state index contributed by atoms with van der Waals surface area (Å²) in [5.74, 6) is 0.281. The summed E-state index contributed by atoms with van der Waals surface area (Å²) in [6.45, 7) is 6.16. The van der Waals surface area contributed by atoms with Crippen LogP contribution in [-0.4, -0.2) is 59.7 Å². The number of carbonyl (C=O) groups excluding carboxylic acids is 1. The fraction of sp³-hybridized carbons (Fsp3) is 0.421. The largest absolute Gasteiger partial charge is 0.361 e. The molecule has 156 valence electrons. The van der Waals surface area contributed by atoms with Crippen LogP contribution in [0.3, 0.4) is 0 Å². The van der Waals surface area contributed by atoms with Gasteiger partial charge in [0.05, 0.1) is 16.3 Å². The summed E-state index contributed by atoms with van der Waals surface area (Å²) in [5, 5.41) is 4.66. The molecule has 0 aliphatic carbocycles. The van der Waals surface area contributed by atoms with Crippen LogP contribution in [0.4, 0.5) is 5.69 Å². The monoisotopic (exact) mass is 436 g/mol. The minimum absolute atomic E-state index is 0.154. The van der Waals surface area contributed by atoms with Crippen molar-refractivity contribution in [2.75, 3.05) is 20.6 Å². The zero-order valence-corrected chi connectivity index (χ0v) is 18.7. The Labute approximate surface area is 175 Å². The van der Waals surface area contributed by atoms with Gasteiger partial charge in [0, 0.05) is 25.9 Å². The number of nitrogens with zero attached hydrogens (tertiary/aromatic N) is 4. The molecule has 1 atom stereocenters. The number of hydrogen-bond donors (Lipinski definition) is 0. The van der Waals surface area contributed by atoms with Crippen molar-refractivity contribution in [2.24, 2.45) is 4.99 Å². The lowest BCUT2D eigenvalue weighted by molar-refractivity contribution is 0.0853. The van der Waals surface area contributed by atoms with Crippen LogP contribution in [0.1, 0.15) is 35.7 Å². The standard InChI is InChI=1S/C19H24N4O4S2/c1-6-16-17(13(3)27-21-16)18(24)23-11-12(2)28-19(23)20-14-8-7-9-15(10-14)29(25,26)22(4)5/h7-10,12H,6,11H2,1-5H3. The predicted octanol–water partition coefficient (Wildman–Crippen LogP) is 3.06. The molecular weight excluding hydrogens is 412 g/mol. The van der Waals surface area contributed by atoms with Crippen molar-refractivity contribution in [3.8, 4) is 0 Å². The van der Waals surface area contributed by atoms with E-state index in [0.717, 1.165) is 4.31 Å². The van der Waals surface area contributed by atoms with E-state index in [1.807, 2.05) is 13.8 Å². The molecule has 3 rings (SSSR count). The zero-order valence-electron chi connectivity index (χ0n) is 17.0. The summed E-state index contributed by atoms with van der Waals surface area (Å²) in [7, 11) is -0.605. The first-order valence-electron chi connectivity index (χ1n) is 9.20. The maximum Gasteiger partial charge on any atom is 0.265 e. The van der Waals surface area contributed by atoms with Crippen LogP contribution >= 0.6 is 11.8 Å². The number of carbonyl (C=O) groups is 1. The van der Waals surface area contributed by atoms with E-state index in [4.69, 9.17) is 4.52 Å². The van der Waals surface area contributed by atoms with Crippen LogP contribution in [0.5, 0.6) is 0 Å². The van der Waals surface area contributed by atoms with Crippen LogP contribution in [0.15, 0.2) is 38.7 Å². The molecule has 1 fully saturated rings. The van der Waals surface area contributed by atoms with Crippen molar-refractivity contribution < 1.29 is 17.7 Å². The maximum atomic E-state index is 13.2. The Kier molecular flexibility index (Phi) is 6.16. The maximum absolute atomic E-state index is 13.2. The number of amides is 1. The van der Waals surface area contributed by atoms with E-state index in [2.05, 4.69) is 10.1 Å². The quantitative estimate of drug-likeness (QED) is 0.715. The van der Waals surface area contributed by atoms with Crippen molar-refractivity contribution in [3.05, 3.63) is 41.3 Å². The number of rotatable bonds is 5. The molecule has 10 heteroatoms. The molecule has 0 N–H and O–H groups in total. The first-order chi connectivity index (χ1) is 13.6. The van der Waals surface area contributed by atoms with E-state index in [-0.39, 0.29) is 16.1 Å². The van der Waals surface area contributed by atoms with Gasteiger partial charge < -0.3 is 4.52 Å². The average Bonchev–Trinajstić information content (AvgIpc) is 3.23. The Bertz CT molecular complexity index is 1060. The third-order valence-corrected chi connectivity index (χ3v) is 7.41. The molecule has 0 radical (unpaired) electrons. The molecule has 8 nitrogen and oxygen atoms in total. The van der Waals surface area contributed by atoms with Crippen LogP contribution in [0, 0.1) is 6.92 Å². The second-order valence-corrected chi connectivity index (χ2v) is 10.5. The molecule has 1 unspecified atom stereocenters. The van der Waals surface area contributed by atoms with Crippen LogP contribution in [0.2, 0.25) is 0 Å². The fourth-order valence-electron chi connectivity index (χ4n) is 2.98. The number of aliphatic imine (C=N–C) groups is 1. The molecule has 0 bridgehead atoms. The van der Waals surface area contributed by atoms with Gasteiger partial charge >= 0.3 is 0 Å². The van der Waals surface area contributed by atoms with E-state index in [1.165, 1.54) is 38.0 Å². The number of thioether (sulfide) groups is 1. The summed E-state index contributed by atoms with van der Waals surface area (Å²) < 4.78 is 31.2. The highest BCUT2D eigenvalue weighted by atomic mass is 32.2. The summed E-state index contributed by atoms with van der Waals surface area (Å²) >= 11 is 1.48. The molecule has 1 aromatic carbocycles. The molecule has 1 amide bonds. The lowest BCUT2D eigenvalue weighted by atomic mass is 10.1. The normalized spacial score (nSPS) is 18.8. The minimum Gasteiger partial charge on any atom is -0.361 e. The summed E-state index contributed by atoms with van der Waals surface area (Å²) in [5.41, 5.74) is 1.56. The van der Waals surface area contributed by atoms with Crippen molar-refractivity contribution in [3.63, 3.8) is 0 Å². The number of aromatic nitrogens is 1. The third-order valence-electron chi connectivity index (χ3n) is 4.53. The predicted molar refractivity (Wildman–Crippen MR) is 113 cm³/mol. The van der Waals surface area contributed by atoms with Gasteiger partial charge in [0.15, 0.2) is 5.17 Å². The van der Waals surface area contributed by atoms with Gasteiger partial charge in [-0.1, -0.05) is 36.8 Å². The van der Waals surface area contributed by atoms with Crippen LogP contribution in [0.25, 0.3) is 0 Å². The van der Waals surface area contributed by atoms with Crippen molar-refractivity contribution in [1.29, 1.82) is 0 Å². The number of aryl methyl sites for hydroxylation is 2. The molecule has 0 spiro atoms. The van der Waals surface area contributed by atoms with Gasteiger partial charge in [0.1, 0.15) is 11.3 Å². The van der Waals surface area contributed by atoms with Gasteiger partial charge in [0.25, 0.3) is 5.91 Å². The number of sulfonamides is 1. The lowest BCUT2D eigenvalue weighted by Crippen LogP contribution is -2.33. The van der Waals surface area contributed by atoms with Gasteiger partial charge in [-0.3, -0.25) is 9.69 Å². The second kappa shape index (κ2) is 8.29.